The lowest BCUT2D eigenvalue weighted by atomic mass is 10.0. The monoisotopic (exact) mass is 437 g/mol. The summed E-state index contributed by atoms with van der Waals surface area (Å²) in [6, 6.07) is 25.2. The Morgan fingerprint density at radius 1 is 0.812 bits per heavy atom. The van der Waals surface area contributed by atoms with Crippen molar-refractivity contribution >= 4 is 11.8 Å². The molecule has 32 heavy (non-hydrogen) atoms. The van der Waals surface area contributed by atoms with Crippen LogP contribution in [0.4, 0.5) is 10.5 Å². The number of anilines is 1. The second-order valence-electron chi connectivity index (χ2n) is 6.94. The van der Waals surface area contributed by atoms with Crippen LogP contribution in [0.2, 0.25) is 0 Å². The number of hydrogen-bond donors (Lipinski definition) is 3. The van der Waals surface area contributed by atoms with Crippen molar-refractivity contribution in [2.24, 2.45) is 0 Å². The normalized spacial score (nSPS) is 12.4. The van der Waals surface area contributed by atoms with Crippen molar-refractivity contribution in [2.75, 3.05) is 25.1 Å². The van der Waals surface area contributed by atoms with Crippen molar-refractivity contribution in [1.29, 1.82) is 0 Å². The lowest BCUT2D eigenvalue weighted by molar-refractivity contribution is 0.00906. The SMILES string of the molecule is O=C(Nc1ccccc1)O[C@@H](c1ccc(OCCO)cc1)[C@H](CCO)Oc1ccccc1. The van der Waals surface area contributed by atoms with Gasteiger partial charge >= 0.3 is 6.09 Å². The zero-order valence-corrected chi connectivity index (χ0v) is 17.6. The van der Waals surface area contributed by atoms with Crippen molar-refractivity contribution in [3.8, 4) is 11.5 Å². The molecule has 0 saturated carbocycles. The first-order valence-electron chi connectivity index (χ1n) is 10.4. The van der Waals surface area contributed by atoms with Gasteiger partial charge in [-0.3, -0.25) is 5.32 Å². The number of para-hydroxylation sites is 2. The van der Waals surface area contributed by atoms with E-state index in [1.807, 2.05) is 36.4 Å². The molecule has 2 atom stereocenters. The third kappa shape index (κ3) is 7.01. The van der Waals surface area contributed by atoms with E-state index in [0.29, 0.717) is 22.7 Å². The number of ether oxygens (including phenoxy) is 3. The molecule has 0 unspecified atom stereocenters. The Morgan fingerprint density at radius 3 is 2.09 bits per heavy atom. The summed E-state index contributed by atoms with van der Waals surface area (Å²) in [6.07, 6.45) is -1.81. The molecule has 0 heterocycles. The number of carbonyl (C=O) groups excluding carboxylic acids is 1. The van der Waals surface area contributed by atoms with Gasteiger partial charge in [-0.2, -0.15) is 0 Å². The highest BCUT2D eigenvalue weighted by Crippen LogP contribution is 2.29. The average molecular weight is 437 g/mol. The van der Waals surface area contributed by atoms with Crippen molar-refractivity contribution in [1.82, 2.24) is 0 Å². The molecule has 168 valence electrons. The van der Waals surface area contributed by atoms with Crippen molar-refractivity contribution in [3.63, 3.8) is 0 Å². The third-order valence-corrected chi connectivity index (χ3v) is 4.60. The van der Waals surface area contributed by atoms with E-state index in [1.54, 1.807) is 48.5 Å². The number of hydrogen-bond acceptors (Lipinski definition) is 6. The summed E-state index contributed by atoms with van der Waals surface area (Å²) in [5.41, 5.74) is 1.28. The van der Waals surface area contributed by atoms with Crippen LogP contribution in [-0.4, -0.2) is 42.2 Å². The molecular weight excluding hydrogens is 410 g/mol. The highest BCUT2D eigenvalue weighted by atomic mass is 16.6. The molecule has 7 nitrogen and oxygen atoms in total. The molecule has 3 N–H and O–H groups in total. The van der Waals surface area contributed by atoms with Gasteiger partial charge in [-0.25, -0.2) is 4.79 Å². The van der Waals surface area contributed by atoms with Crippen LogP contribution in [0.15, 0.2) is 84.9 Å². The number of aliphatic hydroxyl groups excluding tert-OH is 2. The smallest absolute Gasteiger partial charge is 0.412 e. The number of rotatable bonds is 11. The molecule has 0 aliphatic rings. The second kappa shape index (κ2) is 12.3. The molecule has 3 aromatic rings. The number of carbonyl (C=O) groups is 1. The Hall–Kier alpha value is -3.55. The van der Waals surface area contributed by atoms with Gasteiger partial charge in [0.25, 0.3) is 0 Å². The van der Waals surface area contributed by atoms with E-state index in [4.69, 9.17) is 19.3 Å². The Morgan fingerprint density at radius 2 is 1.47 bits per heavy atom. The second-order valence-corrected chi connectivity index (χ2v) is 6.94. The number of amides is 1. The highest BCUT2D eigenvalue weighted by Gasteiger charge is 2.29. The summed E-state index contributed by atoms with van der Waals surface area (Å²) >= 11 is 0. The van der Waals surface area contributed by atoms with Crippen LogP contribution in [0.5, 0.6) is 11.5 Å². The fraction of sp³-hybridized carbons (Fsp3) is 0.240. The van der Waals surface area contributed by atoms with Gasteiger partial charge in [0.1, 0.15) is 24.2 Å². The predicted octanol–water partition coefficient (Wildman–Crippen LogP) is 4.18. The van der Waals surface area contributed by atoms with Crippen LogP contribution in [0.3, 0.4) is 0 Å². The van der Waals surface area contributed by atoms with E-state index in [9.17, 15) is 9.90 Å². The summed E-state index contributed by atoms with van der Waals surface area (Å²) in [5.74, 6) is 1.18. The largest absolute Gasteiger partial charge is 0.491 e. The first kappa shape index (κ1) is 23.1. The Labute approximate surface area is 187 Å². The Balaban J connectivity index is 1.83. The van der Waals surface area contributed by atoms with Crippen LogP contribution in [0, 0.1) is 0 Å². The zero-order valence-electron chi connectivity index (χ0n) is 17.6. The van der Waals surface area contributed by atoms with Crippen LogP contribution >= 0.6 is 0 Å². The molecule has 0 spiro atoms. The van der Waals surface area contributed by atoms with E-state index in [1.165, 1.54) is 0 Å². The van der Waals surface area contributed by atoms with E-state index >= 15 is 0 Å². The predicted molar refractivity (Wildman–Crippen MR) is 121 cm³/mol. The van der Waals surface area contributed by atoms with E-state index in [-0.39, 0.29) is 26.2 Å². The van der Waals surface area contributed by atoms with Crippen LogP contribution < -0.4 is 14.8 Å². The average Bonchev–Trinajstić information content (AvgIpc) is 2.83. The first-order chi connectivity index (χ1) is 15.7. The van der Waals surface area contributed by atoms with Crippen molar-refractivity contribution in [2.45, 2.75) is 18.6 Å². The van der Waals surface area contributed by atoms with E-state index in [0.717, 1.165) is 0 Å². The third-order valence-electron chi connectivity index (χ3n) is 4.60. The lowest BCUT2D eigenvalue weighted by Gasteiger charge is -2.28. The van der Waals surface area contributed by atoms with Gasteiger partial charge in [0.2, 0.25) is 0 Å². The van der Waals surface area contributed by atoms with E-state index < -0.39 is 18.3 Å². The zero-order chi connectivity index (χ0) is 22.6. The van der Waals surface area contributed by atoms with Crippen LogP contribution in [0.1, 0.15) is 18.1 Å². The molecular formula is C25H27NO6. The van der Waals surface area contributed by atoms with Gasteiger partial charge in [0.05, 0.1) is 6.61 Å². The maximum Gasteiger partial charge on any atom is 0.412 e. The molecule has 1 amide bonds. The fourth-order valence-corrected chi connectivity index (χ4v) is 3.13. The Bertz CT molecular complexity index is 934. The molecule has 0 radical (unpaired) electrons. The lowest BCUT2D eigenvalue weighted by Crippen LogP contribution is -2.31. The minimum absolute atomic E-state index is 0.0867. The summed E-state index contributed by atoms with van der Waals surface area (Å²) in [7, 11) is 0. The molecule has 3 rings (SSSR count). The highest BCUT2D eigenvalue weighted by molar-refractivity contribution is 5.84. The summed E-state index contributed by atoms with van der Waals surface area (Å²) < 4.78 is 17.3. The summed E-state index contributed by atoms with van der Waals surface area (Å²) in [5, 5.41) is 21.3. The van der Waals surface area contributed by atoms with Gasteiger partial charge in [0, 0.05) is 18.7 Å². The maximum atomic E-state index is 12.7. The molecule has 0 aromatic heterocycles. The number of nitrogens with one attached hydrogen (secondary N) is 1. The van der Waals surface area contributed by atoms with Gasteiger partial charge in [0.15, 0.2) is 6.10 Å². The number of aliphatic hydroxyl groups is 2. The van der Waals surface area contributed by atoms with E-state index in [2.05, 4.69) is 5.32 Å². The first-order valence-corrected chi connectivity index (χ1v) is 10.4. The standard InChI is InChI=1S/C25H27NO6/c27-16-15-23(31-22-9-5-2-6-10-22)24(19-11-13-21(14-12-19)30-18-17-28)32-25(29)26-20-7-3-1-4-8-20/h1-14,23-24,27-28H,15-18H2,(H,26,29)/t23-,24-/m0/s1. The van der Waals surface area contributed by atoms with Crippen molar-refractivity contribution < 1.29 is 29.2 Å². The molecule has 3 aromatic carbocycles. The minimum Gasteiger partial charge on any atom is -0.491 e. The van der Waals surface area contributed by atoms with Gasteiger partial charge in [-0.15, -0.1) is 0 Å². The minimum atomic E-state index is -0.794. The Kier molecular flexibility index (Phi) is 8.92. The molecule has 7 heteroatoms. The molecule has 0 saturated heterocycles. The topological polar surface area (TPSA) is 97.3 Å². The molecule has 0 fully saturated rings. The fourth-order valence-electron chi connectivity index (χ4n) is 3.13. The van der Waals surface area contributed by atoms with Gasteiger partial charge in [-0.1, -0.05) is 48.5 Å². The van der Waals surface area contributed by atoms with Crippen LogP contribution in [-0.2, 0) is 4.74 Å². The summed E-state index contributed by atoms with van der Waals surface area (Å²) in [6.45, 7) is -0.0466. The summed E-state index contributed by atoms with van der Waals surface area (Å²) in [4.78, 5) is 12.7. The quantitative estimate of drug-likeness (QED) is 0.416. The van der Waals surface area contributed by atoms with Gasteiger partial charge in [-0.05, 0) is 42.0 Å². The van der Waals surface area contributed by atoms with Gasteiger partial charge < -0.3 is 24.4 Å². The van der Waals surface area contributed by atoms with Crippen molar-refractivity contribution in [3.05, 3.63) is 90.5 Å². The number of benzene rings is 3. The molecule has 0 aliphatic carbocycles. The molecule has 0 aliphatic heterocycles. The maximum absolute atomic E-state index is 12.7. The molecule has 0 bridgehead atoms. The van der Waals surface area contributed by atoms with Crippen LogP contribution in [0.25, 0.3) is 0 Å².